The Bertz CT molecular complexity index is 1000. The number of rotatable bonds is 6. The van der Waals surface area contributed by atoms with Gasteiger partial charge in [0.25, 0.3) is 5.69 Å². The van der Waals surface area contributed by atoms with Crippen molar-refractivity contribution < 1.29 is 13.3 Å². The Labute approximate surface area is 182 Å². The molecule has 2 aliphatic rings. The predicted molar refractivity (Wildman–Crippen MR) is 117 cm³/mol. The standard InChI is InChI=1S/C21H29N5O4S/c27-26(28)21-16-17(31(29,30)24-13-5-1-2-6-14-24)10-11-19(21)23-18-8-3-4-9-20(18)25-15-7-12-22-25/h7,10-12,15-16,18,20,23H,1-6,8-9,13-14H2/t18-,20-/m1/s1. The zero-order valence-electron chi connectivity index (χ0n) is 17.5. The Morgan fingerprint density at radius 1 is 1.06 bits per heavy atom. The van der Waals surface area contributed by atoms with Crippen LogP contribution in [0.1, 0.15) is 57.4 Å². The molecule has 1 aliphatic heterocycles. The van der Waals surface area contributed by atoms with Crippen molar-refractivity contribution in [1.82, 2.24) is 14.1 Å². The largest absolute Gasteiger partial charge is 0.375 e. The highest BCUT2D eigenvalue weighted by Crippen LogP contribution is 2.35. The molecule has 2 fully saturated rings. The van der Waals surface area contributed by atoms with Gasteiger partial charge in [-0.25, -0.2) is 8.42 Å². The van der Waals surface area contributed by atoms with E-state index in [-0.39, 0.29) is 22.7 Å². The summed E-state index contributed by atoms with van der Waals surface area (Å²) in [5.74, 6) is 0. The number of nitro benzene ring substituents is 1. The van der Waals surface area contributed by atoms with Crippen molar-refractivity contribution in [3.05, 3.63) is 46.8 Å². The molecular formula is C21H29N5O4S. The van der Waals surface area contributed by atoms with Crippen molar-refractivity contribution in [3.8, 4) is 0 Å². The number of hydrogen-bond acceptors (Lipinski definition) is 6. The molecule has 1 saturated heterocycles. The van der Waals surface area contributed by atoms with Crippen LogP contribution in [0.25, 0.3) is 0 Å². The van der Waals surface area contributed by atoms with E-state index in [0.717, 1.165) is 51.4 Å². The maximum absolute atomic E-state index is 13.1. The molecular weight excluding hydrogens is 418 g/mol. The summed E-state index contributed by atoms with van der Waals surface area (Å²) in [6.45, 7) is 0.924. The molecule has 1 N–H and O–H groups in total. The molecule has 2 atom stereocenters. The minimum absolute atomic E-state index is 0.0135. The fourth-order valence-corrected chi connectivity index (χ4v) is 6.19. The molecule has 4 rings (SSSR count). The molecule has 1 aromatic carbocycles. The molecule has 0 bridgehead atoms. The monoisotopic (exact) mass is 447 g/mol. The first kappa shape index (κ1) is 21.8. The number of nitrogens with zero attached hydrogens (tertiary/aromatic N) is 4. The van der Waals surface area contributed by atoms with Crippen molar-refractivity contribution in [2.75, 3.05) is 18.4 Å². The first-order valence-corrected chi connectivity index (χ1v) is 12.4. The third-order valence-electron chi connectivity index (χ3n) is 6.30. The van der Waals surface area contributed by atoms with Crippen LogP contribution in [0.15, 0.2) is 41.6 Å². The van der Waals surface area contributed by atoms with Gasteiger partial charge in [-0.15, -0.1) is 0 Å². The number of hydrogen-bond donors (Lipinski definition) is 1. The van der Waals surface area contributed by atoms with Gasteiger partial charge in [0.1, 0.15) is 5.69 Å². The zero-order chi connectivity index (χ0) is 21.8. The zero-order valence-corrected chi connectivity index (χ0v) is 18.3. The second kappa shape index (κ2) is 9.35. The van der Waals surface area contributed by atoms with Gasteiger partial charge in [-0.3, -0.25) is 14.8 Å². The van der Waals surface area contributed by atoms with E-state index in [1.165, 1.54) is 22.5 Å². The van der Waals surface area contributed by atoms with Crippen LogP contribution in [0, 0.1) is 10.1 Å². The van der Waals surface area contributed by atoms with Crippen LogP contribution >= 0.6 is 0 Å². The summed E-state index contributed by atoms with van der Waals surface area (Å²) in [6.07, 6.45) is 11.2. The van der Waals surface area contributed by atoms with Gasteiger partial charge in [-0.1, -0.05) is 25.7 Å². The summed E-state index contributed by atoms with van der Waals surface area (Å²) in [5, 5.41) is 19.5. The van der Waals surface area contributed by atoms with Crippen LogP contribution in [0.4, 0.5) is 11.4 Å². The summed E-state index contributed by atoms with van der Waals surface area (Å²) in [5.41, 5.74) is 0.143. The molecule has 168 valence electrons. The normalized spacial score (nSPS) is 23.2. The Morgan fingerprint density at radius 3 is 2.48 bits per heavy atom. The van der Waals surface area contributed by atoms with E-state index in [9.17, 15) is 18.5 Å². The molecule has 1 aliphatic carbocycles. The Kier molecular flexibility index (Phi) is 6.57. The quantitative estimate of drug-likeness (QED) is 0.530. The Morgan fingerprint density at radius 2 is 1.81 bits per heavy atom. The van der Waals surface area contributed by atoms with Crippen molar-refractivity contribution in [2.24, 2.45) is 0 Å². The minimum Gasteiger partial charge on any atom is -0.375 e. The molecule has 10 heteroatoms. The maximum atomic E-state index is 13.1. The maximum Gasteiger partial charge on any atom is 0.293 e. The lowest BCUT2D eigenvalue weighted by Crippen LogP contribution is -2.35. The molecule has 9 nitrogen and oxygen atoms in total. The van der Waals surface area contributed by atoms with Gasteiger partial charge in [0, 0.05) is 37.6 Å². The third kappa shape index (κ3) is 4.74. The lowest BCUT2D eigenvalue weighted by Gasteiger charge is -2.33. The van der Waals surface area contributed by atoms with E-state index in [0.29, 0.717) is 18.8 Å². The molecule has 1 saturated carbocycles. The van der Waals surface area contributed by atoms with Crippen molar-refractivity contribution in [3.63, 3.8) is 0 Å². The van der Waals surface area contributed by atoms with E-state index in [2.05, 4.69) is 10.4 Å². The van der Waals surface area contributed by atoms with Gasteiger partial charge >= 0.3 is 0 Å². The number of nitrogens with one attached hydrogen (secondary N) is 1. The summed E-state index contributed by atoms with van der Waals surface area (Å²) in [6, 6.07) is 6.19. The van der Waals surface area contributed by atoms with Crippen molar-refractivity contribution in [1.29, 1.82) is 0 Å². The van der Waals surface area contributed by atoms with Crippen molar-refractivity contribution in [2.45, 2.75) is 68.3 Å². The van der Waals surface area contributed by atoms with Crippen LogP contribution in [-0.4, -0.2) is 46.6 Å². The van der Waals surface area contributed by atoms with E-state index in [1.54, 1.807) is 6.20 Å². The Balaban J connectivity index is 1.61. The lowest BCUT2D eigenvalue weighted by molar-refractivity contribution is -0.384. The highest BCUT2D eigenvalue weighted by atomic mass is 32.2. The smallest absolute Gasteiger partial charge is 0.293 e. The second-order valence-electron chi connectivity index (χ2n) is 8.34. The molecule has 0 amide bonds. The van der Waals surface area contributed by atoms with Crippen LogP contribution in [-0.2, 0) is 10.0 Å². The molecule has 2 aromatic rings. The first-order valence-electron chi connectivity index (χ1n) is 11.0. The molecule has 0 radical (unpaired) electrons. The molecule has 0 unspecified atom stereocenters. The fraction of sp³-hybridized carbons (Fsp3) is 0.571. The summed E-state index contributed by atoms with van der Waals surface area (Å²) >= 11 is 0. The van der Waals surface area contributed by atoms with Crippen LogP contribution < -0.4 is 5.32 Å². The fourth-order valence-electron chi connectivity index (χ4n) is 4.65. The van der Waals surface area contributed by atoms with Gasteiger partial charge in [0.05, 0.1) is 15.9 Å². The first-order chi connectivity index (χ1) is 15.0. The number of aromatic nitrogens is 2. The van der Waals surface area contributed by atoms with Crippen LogP contribution in [0.5, 0.6) is 0 Å². The molecule has 0 spiro atoms. The minimum atomic E-state index is -3.75. The SMILES string of the molecule is O=[N+]([O-])c1cc(S(=O)(=O)N2CCCCCC2)ccc1N[C@@H]1CCCC[C@H]1n1cccn1. The van der Waals surface area contributed by atoms with Gasteiger partial charge in [0.2, 0.25) is 10.0 Å². The van der Waals surface area contributed by atoms with Gasteiger partial charge in [-0.05, 0) is 43.9 Å². The number of sulfonamides is 1. The van der Waals surface area contributed by atoms with Gasteiger partial charge < -0.3 is 5.32 Å². The van der Waals surface area contributed by atoms with Gasteiger partial charge in [0.15, 0.2) is 0 Å². The molecule has 2 heterocycles. The number of anilines is 1. The van der Waals surface area contributed by atoms with Crippen LogP contribution in [0.3, 0.4) is 0 Å². The average molecular weight is 448 g/mol. The lowest BCUT2D eigenvalue weighted by atomic mass is 9.90. The Hall–Kier alpha value is -2.46. The molecule has 1 aromatic heterocycles. The third-order valence-corrected chi connectivity index (χ3v) is 8.20. The van der Waals surface area contributed by atoms with E-state index in [1.807, 2.05) is 16.9 Å². The average Bonchev–Trinajstić information content (AvgIpc) is 3.15. The number of benzene rings is 1. The summed E-state index contributed by atoms with van der Waals surface area (Å²) in [4.78, 5) is 11.3. The summed E-state index contributed by atoms with van der Waals surface area (Å²) < 4.78 is 29.6. The highest BCUT2D eigenvalue weighted by Gasteiger charge is 2.31. The predicted octanol–water partition coefficient (Wildman–Crippen LogP) is 3.95. The number of nitro groups is 1. The second-order valence-corrected chi connectivity index (χ2v) is 10.3. The van der Waals surface area contributed by atoms with E-state index in [4.69, 9.17) is 0 Å². The van der Waals surface area contributed by atoms with Crippen molar-refractivity contribution >= 4 is 21.4 Å². The van der Waals surface area contributed by atoms with Crippen LogP contribution in [0.2, 0.25) is 0 Å². The molecule has 31 heavy (non-hydrogen) atoms. The van der Waals surface area contributed by atoms with E-state index >= 15 is 0 Å². The van der Waals surface area contributed by atoms with Gasteiger partial charge in [-0.2, -0.15) is 9.40 Å². The topological polar surface area (TPSA) is 110 Å². The van der Waals surface area contributed by atoms with E-state index < -0.39 is 14.9 Å². The highest BCUT2D eigenvalue weighted by molar-refractivity contribution is 7.89. The summed E-state index contributed by atoms with van der Waals surface area (Å²) in [7, 11) is -3.75.